The summed E-state index contributed by atoms with van der Waals surface area (Å²) < 4.78 is 0. The van der Waals surface area contributed by atoms with Crippen LogP contribution >= 0.6 is 0 Å². The van der Waals surface area contributed by atoms with Crippen molar-refractivity contribution < 1.29 is 19.5 Å². The van der Waals surface area contributed by atoms with Crippen LogP contribution in [0.1, 0.15) is 27.9 Å². The van der Waals surface area contributed by atoms with Gasteiger partial charge in [-0.15, -0.1) is 0 Å². The molecule has 1 aliphatic heterocycles. The lowest BCUT2D eigenvalue weighted by Crippen LogP contribution is -2.28. The third kappa shape index (κ3) is 3.44. The van der Waals surface area contributed by atoms with E-state index in [0.717, 1.165) is 16.8 Å². The van der Waals surface area contributed by atoms with Crippen LogP contribution in [-0.2, 0) is 9.59 Å². The Hall–Kier alpha value is -3.15. The van der Waals surface area contributed by atoms with Gasteiger partial charge in [0.25, 0.3) is 0 Å². The van der Waals surface area contributed by atoms with E-state index in [1.807, 2.05) is 32.0 Å². The number of anilines is 2. The van der Waals surface area contributed by atoms with Gasteiger partial charge in [0.2, 0.25) is 11.8 Å². The van der Waals surface area contributed by atoms with E-state index in [2.05, 4.69) is 5.32 Å². The maximum Gasteiger partial charge on any atom is 0.229 e. The summed E-state index contributed by atoms with van der Waals surface area (Å²) in [7, 11) is 0. The molecule has 1 N–H and O–H groups in total. The van der Waals surface area contributed by atoms with Crippen molar-refractivity contribution in [2.24, 2.45) is 5.92 Å². The molecular weight excluding hydrogens is 332 g/mol. The lowest BCUT2D eigenvalue weighted by atomic mass is 10.1. The van der Waals surface area contributed by atoms with Crippen LogP contribution in [0.2, 0.25) is 0 Å². The first kappa shape index (κ1) is 17.7. The van der Waals surface area contributed by atoms with Crippen LogP contribution in [-0.4, -0.2) is 24.3 Å². The van der Waals surface area contributed by atoms with Crippen LogP contribution in [0.3, 0.4) is 0 Å². The Morgan fingerprint density at radius 3 is 2.46 bits per heavy atom. The second-order valence-electron chi connectivity index (χ2n) is 6.48. The van der Waals surface area contributed by atoms with Crippen molar-refractivity contribution in [2.45, 2.75) is 20.3 Å². The van der Waals surface area contributed by atoms with Crippen molar-refractivity contribution in [3.63, 3.8) is 0 Å². The number of nitrogens with zero attached hydrogens (tertiary/aromatic N) is 1. The molecule has 2 aromatic rings. The summed E-state index contributed by atoms with van der Waals surface area (Å²) in [5.74, 6) is -2.06. The fraction of sp³-hybridized carbons (Fsp3) is 0.250. The monoisotopic (exact) mass is 351 g/mol. The SMILES string of the molecule is Cc1cccc(N2C[C@H](C(=O)Nc3ccc(C(=O)[O-])cc3)CC2=O)c1C. The predicted molar refractivity (Wildman–Crippen MR) is 95.8 cm³/mol. The molecular formula is C20H19N2O4-. The summed E-state index contributed by atoms with van der Waals surface area (Å²) in [5, 5.41) is 13.5. The molecule has 0 spiro atoms. The maximum absolute atomic E-state index is 12.5. The minimum Gasteiger partial charge on any atom is -0.545 e. The number of nitrogens with one attached hydrogen (secondary N) is 1. The highest BCUT2D eigenvalue weighted by molar-refractivity contribution is 6.04. The van der Waals surface area contributed by atoms with Crippen molar-refractivity contribution >= 4 is 29.2 Å². The van der Waals surface area contributed by atoms with Crippen LogP contribution < -0.4 is 15.3 Å². The minimum atomic E-state index is -1.27. The average Bonchev–Trinajstić information content (AvgIpc) is 2.99. The van der Waals surface area contributed by atoms with Gasteiger partial charge in [-0.05, 0) is 48.7 Å². The van der Waals surface area contributed by atoms with E-state index >= 15 is 0 Å². The normalized spacial score (nSPS) is 16.6. The number of carboxylic acids is 1. The number of carbonyl (C=O) groups is 3. The number of hydrogen-bond acceptors (Lipinski definition) is 4. The van der Waals surface area contributed by atoms with Crippen molar-refractivity contribution in [3.8, 4) is 0 Å². The first-order valence-corrected chi connectivity index (χ1v) is 8.35. The number of hydrogen-bond donors (Lipinski definition) is 1. The summed E-state index contributed by atoms with van der Waals surface area (Å²) in [4.78, 5) is 37.3. The molecule has 0 radical (unpaired) electrons. The van der Waals surface area contributed by atoms with E-state index < -0.39 is 11.9 Å². The molecule has 1 atom stereocenters. The Morgan fingerprint density at radius 1 is 1.12 bits per heavy atom. The summed E-state index contributed by atoms with van der Waals surface area (Å²) in [6.07, 6.45) is 0.149. The number of aromatic carboxylic acids is 1. The lowest BCUT2D eigenvalue weighted by Gasteiger charge is -2.20. The molecule has 0 aromatic heterocycles. The highest BCUT2D eigenvalue weighted by Gasteiger charge is 2.35. The Labute approximate surface area is 151 Å². The second-order valence-corrected chi connectivity index (χ2v) is 6.48. The van der Waals surface area contributed by atoms with Gasteiger partial charge in [0.15, 0.2) is 0 Å². The Kier molecular flexibility index (Phi) is 4.75. The maximum atomic E-state index is 12.5. The summed E-state index contributed by atoms with van der Waals surface area (Å²) in [6, 6.07) is 11.5. The third-order valence-electron chi connectivity index (χ3n) is 4.75. The Morgan fingerprint density at radius 2 is 1.81 bits per heavy atom. The average molecular weight is 351 g/mol. The summed E-state index contributed by atoms with van der Waals surface area (Å²) >= 11 is 0. The van der Waals surface area contributed by atoms with Gasteiger partial charge >= 0.3 is 0 Å². The molecule has 26 heavy (non-hydrogen) atoms. The first-order chi connectivity index (χ1) is 12.4. The Balaban J connectivity index is 1.71. The van der Waals surface area contributed by atoms with Crippen molar-refractivity contribution in [1.82, 2.24) is 0 Å². The predicted octanol–water partition coefficient (Wildman–Crippen LogP) is 1.66. The van der Waals surface area contributed by atoms with Gasteiger partial charge in [-0.25, -0.2) is 0 Å². The van der Waals surface area contributed by atoms with Gasteiger partial charge in [-0.2, -0.15) is 0 Å². The van der Waals surface area contributed by atoms with E-state index in [1.54, 1.807) is 4.90 Å². The molecule has 1 fully saturated rings. The number of aryl methyl sites for hydroxylation is 1. The fourth-order valence-corrected chi connectivity index (χ4v) is 3.08. The van der Waals surface area contributed by atoms with E-state index in [-0.39, 0.29) is 23.8 Å². The number of carboxylic acid groups (broad SMARTS) is 1. The largest absolute Gasteiger partial charge is 0.545 e. The zero-order chi connectivity index (χ0) is 18.8. The topological polar surface area (TPSA) is 89.5 Å². The number of amides is 2. The van der Waals surface area contributed by atoms with Gasteiger partial charge in [0, 0.05) is 24.3 Å². The number of carbonyl (C=O) groups excluding carboxylic acids is 3. The van der Waals surface area contributed by atoms with Crippen molar-refractivity contribution in [2.75, 3.05) is 16.8 Å². The molecule has 2 amide bonds. The van der Waals surface area contributed by atoms with Gasteiger partial charge in [0.05, 0.1) is 11.9 Å². The van der Waals surface area contributed by atoms with E-state index in [4.69, 9.17) is 0 Å². The number of benzene rings is 2. The van der Waals surface area contributed by atoms with Crippen LogP contribution in [0.4, 0.5) is 11.4 Å². The fourth-order valence-electron chi connectivity index (χ4n) is 3.08. The first-order valence-electron chi connectivity index (χ1n) is 8.35. The van der Waals surface area contributed by atoms with Gasteiger partial charge in [-0.1, -0.05) is 24.3 Å². The van der Waals surface area contributed by atoms with Crippen molar-refractivity contribution in [3.05, 3.63) is 59.2 Å². The minimum absolute atomic E-state index is 0.0418. The molecule has 0 bridgehead atoms. The molecule has 1 saturated heterocycles. The molecule has 1 aliphatic rings. The highest BCUT2D eigenvalue weighted by Crippen LogP contribution is 2.30. The molecule has 0 aliphatic carbocycles. The van der Waals surface area contributed by atoms with E-state index in [0.29, 0.717) is 12.2 Å². The standard InChI is InChI=1S/C20H20N2O4/c1-12-4-3-5-17(13(12)2)22-11-15(10-18(22)23)19(24)21-16-8-6-14(7-9-16)20(25)26/h3-9,15H,10-11H2,1-2H3,(H,21,24)(H,25,26)/p-1/t15-/m1/s1. The van der Waals surface area contributed by atoms with Gasteiger partial charge in [-0.3, -0.25) is 9.59 Å². The van der Waals surface area contributed by atoms with E-state index in [1.165, 1.54) is 24.3 Å². The molecule has 0 saturated carbocycles. The molecule has 6 nitrogen and oxygen atoms in total. The van der Waals surface area contributed by atoms with Gasteiger partial charge < -0.3 is 20.1 Å². The molecule has 134 valence electrons. The molecule has 2 aromatic carbocycles. The van der Waals surface area contributed by atoms with Crippen LogP contribution in [0, 0.1) is 19.8 Å². The lowest BCUT2D eigenvalue weighted by molar-refractivity contribution is -0.255. The summed E-state index contributed by atoms with van der Waals surface area (Å²) in [6.45, 7) is 4.27. The second kappa shape index (κ2) is 7.00. The van der Waals surface area contributed by atoms with Crippen LogP contribution in [0.5, 0.6) is 0 Å². The Bertz CT molecular complexity index is 874. The summed E-state index contributed by atoms with van der Waals surface area (Å²) in [5.41, 5.74) is 3.48. The zero-order valence-electron chi connectivity index (χ0n) is 14.6. The van der Waals surface area contributed by atoms with Crippen molar-refractivity contribution in [1.29, 1.82) is 0 Å². The smallest absolute Gasteiger partial charge is 0.229 e. The zero-order valence-corrected chi connectivity index (χ0v) is 14.6. The quantitative estimate of drug-likeness (QED) is 0.907. The van der Waals surface area contributed by atoms with Crippen LogP contribution in [0.25, 0.3) is 0 Å². The van der Waals surface area contributed by atoms with Crippen LogP contribution in [0.15, 0.2) is 42.5 Å². The van der Waals surface area contributed by atoms with E-state index in [9.17, 15) is 19.5 Å². The molecule has 6 heteroatoms. The third-order valence-corrected chi connectivity index (χ3v) is 4.75. The highest BCUT2D eigenvalue weighted by atomic mass is 16.4. The molecule has 0 unspecified atom stereocenters. The molecule has 3 rings (SSSR count). The van der Waals surface area contributed by atoms with Gasteiger partial charge in [0.1, 0.15) is 0 Å². The molecule has 1 heterocycles. The number of rotatable bonds is 4.